The van der Waals surface area contributed by atoms with Gasteiger partial charge >= 0.3 is 5.97 Å². The first kappa shape index (κ1) is 20.5. The number of benzene rings is 1. The third-order valence-electron chi connectivity index (χ3n) is 4.13. The Morgan fingerprint density at radius 2 is 1.90 bits per heavy atom. The van der Waals surface area contributed by atoms with E-state index in [1.54, 1.807) is 13.0 Å². The first-order chi connectivity index (χ1) is 14.0. The summed E-state index contributed by atoms with van der Waals surface area (Å²) in [5, 5.41) is 6.66. The number of esters is 1. The molecule has 1 aromatic carbocycles. The summed E-state index contributed by atoms with van der Waals surface area (Å²) in [5.74, 6) is -0.704. The summed E-state index contributed by atoms with van der Waals surface area (Å²) in [6, 6.07) is 12.7. The molecule has 3 rings (SSSR count). The number of hydrogen-bond acceptors (Lipinski definition) is 7. The summed E-state index contributed by atoms with van der Waals surface area (Å²) < 4.78 is 10.4. The fourth-order valence-corrected chi connectivity index (χ4v) is 3.64. The highest BCUT2D eigenvalue weighted by Crippen LogP contribution is 2.26. The number of hydrogen-bond donors (Lipinski definition) is 1. The summed E-state index contributed by atoms with van der Waals surface area (Å²) in [6.07, 6.45) is 0.637. The highest BCUT2D eigenvalue weighted by molar-refractivity contribution is 7.14. The smallest absolute Gasteiger partial charge is 0.344 e. The van der Waals surface area contributed by atoms with Crippen LogP contribution in [0.1, 0.15) is 37.6 Å². The number of ketones is 1. The standard InChI is InChI=1S/C21H20N2O5S/c1-13-19(20(23-28-13)15-6-4-3-5-7-15)21(26)27-12-17(25)18-9-8-16(29-18)10-11-22-14(2)24/h3-9H,10-12H2,1-2H3,(H,22,24). The minimum atomic E-state index is -0.654. The van der Waals surface area contributed by atoms with Gasteiger partial charge in [0.15, 0.2) is 6.61 Å². The van der Waals surface area contributed by atoms with Crippen LogP contribution in [0.25, 0.3) is 11.3 Å². The molecule has 150 valence electrons. The van der Waals surface area contributed by atoms with Crippen LogP contribution in [0.15, 0.2) is 47.0 Å². The average molecular weight is 412 g/mol. The van der Waals surface area contributed by atoms with E-state index in [9.17, 15) is 14.4 Å². The van der Waals surface area contributed by atoms with Crippen molar-refractivity contribution < 1.29 is 23.6 Å². The lowest BCUT2D eigenvalue weighted by atomic mass is 10.1. The first-order valence-corrected chi connectivity index (χ1v) is 9.82. The molecule has 0 saturated heterocycles. The fraction of sp³-hybridized carbons (Fsp3) is 0.238. The maximum absolute atomic E-state index is 12.6. The van der Waals surface area contributed by atoms with E-state index in [0.717, 1.165) is 10.4 Å². The lowest BCUT2D eigenvalue weighted by Gasteiger charge is -2.04. The molecule has 29 heavy (non-hydrogen) atoms. The van der Waals surface area contributed by atoms with Crippen LogP contribution < -0.4 is 5.32 Å². The first-order valence-electron chi connectivity index (χ1n) is 9.01. The maximum atomic E-state index is 12.6. The quantitative estimate of drug-likeness (QED) is 0.450. The number of carbonyl (C=O) groups excluding carboxylic acids is 3. The van der Waals surface area contributed by atoms with Crippen LogP contribution in [0.3, 0.4) is 0 Å². The summed E-state index contributed by atoms with van der Waals surface area (Å²) in [7, 11) is 0. The van der Waals surface area contributed by atoms with Gasteiger partial charge in [0.2, 0.25) is 11.7 Å². The molecule has 0 aliphatic heterocycles. The number of aromatic nitrogens is 1. The van der Waals surface area contributed by atoms with Gasteiger partial charge in [0.1, 0.15) is 17.0 Å². The van der Waals surface area contributed by atoms with Gasteiger partial charge in [-0.25, -0.2) is 4.79 Å². The van der Waals surface area contributed by atoms with Crippen molar-refractivity contribution in [2.45, 2.75) is 20.3 Å². The van der Waals surface area contributed by atoms with Gasteiger partial charge in [-0.3, -0.25) is 9.59 Å². The SMILES string of the molecule is CC(=O)NCCc1ccc(C(=O)COC(=O)c2c(-c3ccccc3)noc2C)s1. The van der Waals surface area contributed by atoms with Gasteiger partial charge in [-0.1, -0.05) is 35.5 Å². The molecule has 0 unspecified atom stereocenters. The van der Waals surface area contributed by atoms with Crippen LogP contribution in [0, 0.1) is 6.92 Å². The zero-order chi connectivity index (χ0) is 20.8. The fourth-order valence-electron chi connectivity index (χ4n) is 2.70. The molecule has 0 aliphatic rings. The molecule has 0 fully saturated rings. The Morgan fingerprint density at radius 1 is 1.14 bits per heavy atom. The van der Waals surface area contributed by atoms with E-state index in [-0.39, 0.29) is 23.9 Å². The van der Waals surface area contributed by atoms with E-state index in [0.29, 0.717) is 29.3 Å². The number of Topliss-reactive ketones (excluding diaryl/α,β-unsaturated/α-hetero) is 1. The van der Waals surface area contributed by atoms with E-state index < -0.39 is 5.97 Å². The molecule has 1 amide bonds. The number of nitrogens with one attached hydrogen (secondary N) is 1. The minimum absolute atomic E-state index is 0.0938. The molecular weight excluding hydrogens is 392 g/mol. The molecule has 2 heterocycles. The molecule has 7 nitrogen and oxygen atoms in total. The zero-order valence-electron chi connectivity index (χ0n) is 16.1. The molecule has 0 bridgehead atoms. The Morgan fingerprint density at radius 3 is 2.62 bits per heavy atom. The molecule has 0 radical (unpaired) electrons. The number of ether oxygens (including phenoxy) is 1. The molecule has 0 aliphatic carbocycles. The maximum Gasteiger partial charge on any atom is 0.344 e. The summed E-state index contributed by atoms with van der Waals surface area (Å²) in [6.45, 7) is 3.22. The molecule has 8 heteroatoms. The van der Waals surface area contributed by atoms with Crippen molar-refractivity contribution in [1.29, 1.82) is 0 Å². The molecule has 3 aromatic rings. The second-order valence-corrected chi connectivity index (χ2v) is 7.49. The predicted octanol–water partition coefficient (Wildman–Crippen LogP) is 3.43. The van der Waals surface area contributed by atoms with Crippen molar-refractivity contribution in [3.63, 3.8) is 0 Å². The molecule has 1 N–H and O–H groups in total. The predicted molar refractivity (Wildman–Crippen MR) is 108 cm³/mol. The third kappa shape index (κ3) is 5.17. The van der Waals surface area contributed by atoms with Crippen LogP contribution in [-0.2, 0) is 16.0 Å². The van der Waals surface area contributed by atoms with E-state index in [4.69, 9.17) is 9.26 Å². The molecular formula is C21H20N2O5S. The Labute approximate surface area is 171 Å². The second kappa shape index (κ2) is 9.29. The van der Waals surface area contributed by atoms with E-state index in [2.05, 4.69) is 10.5 Å². The van der Waals surface area contributed by atoms with Crippen LogP contribution in [0.5, 0.6) is 0 Å². The second-order valence-electron chi connectivity index (χ2n) is 6.33. The van der Waals surface area contributed by atoms with Crippen LogP contribution >= 0.6 is 11.3 Å². The van der Waals surface area contributed by atoms with Gasteiger partial charge in [0, 0.05) is 23.9 Å². The number of carbonyl (C=O) groups is 3. The number of thiophene rings is 1. The van der Waals surface area contributed by atoms with Crippen LogP contribution in [0.2, 0.25) is 0 Å². The zero-order valence-corrected chi connectivity index (χ0v) is 16.9. The summed E-state index contributed by atoms with van der Waals surface area (Å²) in [5.41, 5.74) is 1.33. The van der Waals surface area contributed by atoms with Gasteiger partial charge in [-0.15, -0.1) is 11.3 Å². The number of nitrogens with zero attached hydrogens (tertiary/aromatic N) is 1. The van der Waals surface area contributed by atoms with E-state index in [1.165, 1.54) is 18.3 Å². The molecule has 0 atom stereocenters. The normalized spacial score (nSPS) is 10.6. The van der Waals surface area contributed by atoms with E-state index in [1.807, 2.05) is 36.4 Å². The van der Waals surface area contributed by atoms with E-state index >= 15 is 0 Å². The topological polar surface area (TPSA) is 98.5 Å². The number of aryl methyl sites for hydroxylation is 1. The summed E-state index contributed by atoms with van der Waals surface area (Å²) in [4.78, 5) is 37.3. The van der Waals surface area contributed by atoms with Gasteiger partial charge in [0.05, 0.1) is 4.88 Å². The number of amides is 1. The van der Waals surface area contributed by atoms with Crippen molar-refractivity contribution in [2.75, 3.05) is 13.2 Å². The highest BCUT2D eigenvalue weighted by atomic mass is 32.1. The number of rotatable bonds is 8. The van der Waals surface area contributed by atoms with Crippen LogP contribution in [-0.4, -0.2) is 36.0 Å². The van der Waals surface area contributed by atoms with Crippen LogP contribution in [0.4, 0.5) is 0 Å². The Hall–Kier alpha value is -3.26. The Kier molecular flexibility index (Phi) is 6.56. The van der Waals surface area contributed by atoms with Crippen molar-refractivity contribution in [2.24, 2.45) is 0 Å². The largest absolute Gasteiger partial charge is 0.454 e. The van der Waals surface area contributed by atoms with Gasteiger partial charge in [-0.2, -0.15) is 0 Å². The van der Waals surface area contributed by atoms with Gasteiger partial charge < -0.3 is 14.6 Å². The average Bonchev–Trinajstić information content (AvgIpc) is 3.33. The van der Waals surface area contributed by atoms with Crippen molar-refractivity contribution in [1.82, 2.24) is 10.5 Å². The summed E-state index contributed by atoms with van der Waals surface area (Å²) >= 11 is 1.32. The molecule has 0 saturated carbocycles. The van der Waals surface area contributed by atoms with Gasteiger partial charge in [0.25, 0.3) is 0 Å². The molecule has 2 aromatic heterocycles. The Balaban J connectivity index is 1.62. The lowest BCUT2D eigenvalue weighted by molar-refractivity contribution is -0.118. The van der Waals surface area contributed by atoms with Crippen molar-refractivity contribution in [3.05, 3.63) is 63.5 Å². The van der Waals surface area contributed by atoms with Crippen molar-refractivity contribution >= 4 is 29.0 Å². The minimum Gasteiger partial charge on any atom is -0.454 e. The van der Waals surface area contributed by atoms with Gasteiger partial charge in [-0.05, 0) is 25.5 Å². The lowest BCUT2D eigenvalue weighted by Crippen LogP contribution is -2.22. The highest BCUT2D eigenvalue weighted by Gasteiger charge is 2.24. The van der Waals surface area contributed by atoms with Crippen molar-refractivity contribution in [3.8, 4) is 11.3 Å². The Bertz CT molecular complexity index is 1020. The third-order valence-corrected chi connectivity index (χ3v) is 5.32. The monoisotopic (exact) mass is 412 g/mol. The molecule has 0 spiro atoms.